The summed E-state index contributed by atoms with van der Waals surface area (Å²) in [4.78, 5) is 4.43. The van der Waals surface area contributed by atoms with Gasteiger partial charge in [0.15, 0.2) is 0 Å². The van der Waals surface area contributed by atoms with Crippen molar-refractivity contribution in [1.82, 2.24) is 4.72 Å². The van der Waals surface area contributed by atoms with Gasteiger partial charge in [0, 0.05) is 5.02 Å². The molecule has 0 radical (unpaired) electrons. The molecule has 1 fully saturated rings. The Balaban J connectivity index is 2.00. The Hall–Kier alpha value is -1.31. The van der Waals surface area contributed by atoms with Crippen molar-refractivity contribution >= 4 is 33.3 Å². The van der Waals surface area contributed by atoms with Gasteiger partial charge in [-0.3, -0.25) is 0 Å². The molecule has 1 saturated carbocycles. The maximum atomic E-state index is 12.2. The van der Waals surface area contributed by atoms with Gasteiger partial charge in [-0.05, 0) is 37.5 Å². The van der Waals surface area contributed by atoms with Crippen LogP contribution in [-0.4, -0.2) is 31.6 Å². The highest BCUT2D eigenvalue weighted by atomic mass is 35.5. The number of nitrogens with zero attached hydrogens (tertiary/aromatic N) is 1. The average Bonchev–Trinajstić information content (AvgIpc) is 2.34. The van der Waals surface area contributed by atoms with E-state index in [1.54, 1.807) is 12.1 Å². The van der Waals surface area contributed by atoms with Crippen LogP contribution in [0, 0.1) is 0 Å². The summed E-state index contributed by atoms with van der Waals surface area (Å²) in [7, 11) is -3.69. The second kappa shape index (κ2) is 4.61. The van der Waals surface area contributed by atoms with Crippen LogP contribution in [0.5, 0.6) is 0 Å². The fourth-order valence-electron chi connectivity index (χ4n) is 2.34. The first-order chi connectivity index (χ1) is 9.44. The average molecular weight is 316 g/mol. The van der Waals surface area contributed by atoms with Crippen molar-refractivity contribution in [2.24, 2.45) is 4.99 Å². The Kier molecular flexibility index (Phi) is 3.15. The minimum Gasteiger partial charge on any atom is -0.394 e. The van der Waals surface area contributed by atoms with Gasteiger partial charge < -0.3 is 10.4 Å². The molecule has 0 aromatic heterocycles. The number of anilines is 1. The standard InChI is InChI=1S/C12H14ClN3O3S/c13-8-2-3-9-10(6-8)20(18,19)16-11(14-9)15-12(7-17)4-1-5-12/h2-3,6,17H,1,4-5,7H2,(H2,14,15,16). The summed E-state index contributed by atoms with van der Waals surface area (Å²) in [5, 5.41) is 12.7. The van der Waals surface area contributed by atoms with E-state index in [1.807, 2.05) is 0 Å². The van der Waals surface area contributed by atoms with Gasteiger partial charge in [0.1, 0.15) is 4.90 Å². The number of halogens is 1. The van der Waals surface area contributed by atoms with Gasteiger partial charge in [-0.2, -0.15) is 0 Å². The van der Waals surface area contributed by atoms with Crippen LogP contribution >= 0.6 is 11.6 Å². The highest BCUT2D eigenvalue weighted by Gasteiger charge is 2.38. The Morgan fingerprint density at radius 2 is 2.15 bits per heavy atom. The van der Waals surface area contributed by atoms with Crippen LogP contribution in [0.2, 0.25) is 5.02 Å². The number of rotatable bonds is 2. The van der Waals surface area contributed by atoms with Gasteiger partial charge in [0.2, 0.25) is 5.96 Å². The fraction of sp³-hybridized carbons (Fsp3) is 0.417. The van der Waals surface area contributed by atoms with E-state index in [0.717, 1.165) is 19.3 Å². The molecule has 108 valence electrons. The third-order valence-corrected chi connectivity index (χ3v) is 5.26. The van der Waals surface area contributed by atoms with Gasteiger partial charge in [-0.15, -0.1) is 0 Å². The molecule has 0 saturated heterocycles. The van der Waals surface area contributed by atoms with Crippen LogP contribution in [0.3, 0.4) is 0 Å². The van der Waals surface area contributed by atoms with E-state index in [9.17, 15) is 13.5 Å². The van der Waals surface area contributed by atoms with E-state index in [0.29, 0.717) is 10.7 Å². The van der Waals surface area contributed by atoms with Gasteiger partial charge in [-0.25, -0.2) is 18.1 Å². The highest BCUT2D eigenvalue weighted by Crippen LogP contribution is 2.36. The molecule has 1 aromatic rings. The molecular formula is C12H14ClN3O3S. The summed E-state index contributed by atoms with van der Waals surface area (Å²) < 4.78 is 26.7. The normalized spacial score (nSPS) is 24.2. The first kappa shape index (κ1) is 13.7. The van der Waals surface area contributed by atoms with E-state index in [2.05, 4.69) is 15.0 Å². The van der Waals surface area contributed by atoms with Crippen LogP contribution in [0.4, 0.5) is 5.69 Å². The molecule has 3 rings (SSSR count). The molecule has 1 aliphatic carbocycles. The van der Waals surface area contributed by atoms with E-state index < -0.39 is 15.6 Å². The largest absolute Gasteiger partial charge is 0.394 e. The summed E-state index contributed by atoms with van der Waals surface area (Å²) in [6.07, 6.45) is 2.49. The lowest BCUT2D eigenvalue weighted by molar-refractivity contribution is 0.128. The Morgan fingerprint density at radius 1 is 1.40 bits per heavy atom. The predicted molar refractivity (Wildman–Crippen MR) is 76.5 cm³/mol. The molecule has 8 heteroatoms. The van der Waals surface area contributed by atoms with Crippen LogP contribution in [0.25, 0.3) is 0 Å². The number of guanidine groups is 1. The number of aliphatic hydroxyl groups is 1. The Labute approximate surface area is 121 Å². The molecule has 6 nitrogen and oxygen atoms in total. The Morgan fingerprint density at radius 3 is 2.75 bits per heavy atom. The number of nitrogens with one attached hydrogen (secondary N) is 2. The predicted octanol–water partition coefficient (Wildman–Crippen LogP) is 1.31. The van der Waals surface area contributed by atoms with E-state index in [1.165, 1.54) is 6.07 Å². The smallest absolute Gasteiger partial charge is 0.266 e. The number of hydrogen-bond acceptors (Lipinski definition) is 4. The van der Waals surface area contributed by atoms with Crippen LogP contribution in [0.15, 0.2) is 28.1 Å². The molecule has 1 heterocycles. The molecule has 0 spiro atoms. The summed E-state index contributed by atoms with van der Waals surface area (Å²) >= 11 is 5.82. The lowest BCUT2D eigenvalue weighted by Gasteiger charge is -2.37. The third-order valence-electron chi connectivity index (χ3n) is 3.64. The first-order valence-corrected chi connectivity index (χ1v) is 8.10. The zero-order valence-electron chi connectivity index (χ0n) is 10.6. The zero-order valence-corrected chi connectivity index (χ0v) is 12.1. The number of sulfonamides is 1. The van der Waals surface area contributed by atoms with Gasteiger partial charge >= 0.3 is 0 Å². The fourth-order valence-corrected chi connectivity index (χ4v) is 3.72. The van der Waals surface area contributed by atoms with Crippen molar-refractivity contribution in [2.45, 2.75) is 29.7 Å². The lowest BCUT2D eigenvalue weighted by atomic mass is 9.78. The van der Waals surface area contributed by atoms with Crippen LogP contribution in [-0.2, 0) is 10.0 Å². The highest BCUT2D eigenvalue weighted by molar-refractivity contribution is 7.90. The molecule has 1 aromatic carbocycles. The first-order valence-electron chi connectivity index (χ1n) is 6.24. The number of aliphatic imine (C=N–C) groups is 1. The maximum Gasteiger partial charge on any atom is 0.266 e. The second-order valence-corrected chi connectivity index (χ2v) is 7.15. The molecule has 0 unspecified atom stereocenters. The van der Waals surface area contributed by atoms with Crippen molar-refractivity contribution < 1.29 is 13.5 Å². The molecule has 0 bridgehead atoms. The summed E-state index contributed by atoms with van der Waals surface area (Å²) in [6, 6.07) is 4.59. The molecule has 20 heavy (non-hydrogen) atoms. The molecular weight excluding hydrogens is 302 g/mol. The number of benzene rings is 1. The maximum absolute atomic E-state index is 12.2. The Bertz CT molecular complexity index is 678. The van der Waals surface area contributed by atoms with Crippen molar-refractivity contribution in [3.8, 4) is 0 Å². The number of fused-ring (bicyclic) bond motifs is 1. The number of hydrogen-bond donors (Lipinski definition) is 3. The van der Waals surface area contributed by atoms with Crippen molar-refractivity contribution in [3.63, 3.8) is 0 Å². The molecule has 1 aliphatic heterocycles. The van der Waals surface area contributed by atoms with Crippen LogP contribution < -0.4 is 10.0 Å². The van der Waals surface area contributed by atoms with E-state index in [4.69, 9.17) is 11.6 Å². The number of aliphatic hydroxyl groups excluding tert-OH is 1. The summed E-state index contributed by atoms with van der Waals surface area (Å²) in [5.74, 6) is 0.147. The minimum absolute atomic E-state index is 0.0899. The quantitative estimate of drug-likeness (QED) is 0.767. The van der Waals surface area contributed by atoms with E-state index in [-0.39, 0.29) is 17.5 Å². The van der Waals surface area contributed by atoms with Crippen molar-refractivity contribution in [3.05, 3.63) is 23.2 Å². The topological polar surface area (TPSA) is 90.8 Å². The van der Waals surface area contributed by atoms with Gasteiger partial charge in [0.05, 0.1) is 17.8 Å². The van der Waals surface area contributed by atoms with Crippen molar-refractivity contribution in [1.29, 1.82) is 0 Å². The van der Waals surface area contributed by atoms with Gasteiger partial charge in [-0.1, -0.05) is 11.6 Å². The molecule has 0 atom stereocenters. The van der Waals surface area contributed by atoms with Crippen LogP contribution in [0.1, 0.15) is 19.3 Å². The van der Waals surface area contributed by atoms with E-state index >= 15 is 0 Å². The molecule has 2 aliphatic rings. The lowest BCUT2D eigenvalue weighted by Crippen LogP contribution is -2.46. The van der Waals surface area contributed by atoms with Gasteiger partial charge in [0.25, 0.3) is 10.0 Å². The summed E-state index contributed by atoms with van der Waals surface area (Å²) in [6.45, 7) is -0.0899. The molecule has 3 N–H and O–H groups in total. The monoisotopic (exact) mass is 315 g/mol. The van der Waals surface area contributed by atoms with Crippen molar-refractivity contribution in [2.75, 3.05) is 11.9 Å². The SMILES string of the molecule is O=S1(=O)NC(=NC2(CO)CCC2)Nc2ccc(Cl)cc21. The summed E-state index contributed by atoms with van der Waals surface area (Å²) in [5.41, 5.74) is -0.131. The third kappa shape index (κ3) is 2.25. The zero-order chi connectivity index (χ0) is 14.4. The molecule has 0 amide bonds. The second-order valence-electron chi connectivity index (χ2n) is 5.07. The minimum atomic E-state index is -3.69.